The summed E-state index contributed by atoms with van der Waals surface area (Å²) in [5.74, 6) is 0.544. The van der Waals surface area contributed by atoms with Crippen LogP contribution in [0.25, 0.3) is 16.6 Å². The summed E-state index contributed by atoms with van der Waals surface area (Å²) in [7, 11) is 1.74. The lowest BCUT2D eigenvalue weighted by molar-refractivity contribution is 0.959. The predicted molar refractivity (Wildman–Crippen MR) is 93.8 cm³/mol. The van der Waals surface area contributed by atoms with Gasteiger partial charge in [0, 0.05) is 30.1 Å². The molecule has 3 aromatic rings. The van der Waals surface area contributed by atoms with Crippen LogP contribution in [0, 0.1) is 0 Å². The lowest BCUT2D eigenvalue weighted by Gasteiger charge is -2.13. The lowest BCUT2D eigenvalue weighted by atomic mass is 10.1. The van der Waals surface area contributed by atoms with Crippen LogP contribution in [-0.4, -0.2) is 22.8 Å². The Balaban J connectivity index is 2.05. The van der Waals surface area contributed by atoms with Crippen molar-refractivity contribution < 1.29 is 0 Å². The average molecular weight is 325 g/mol. The van der Waals surface area contributed by atoms with Crippen LogP contribution in [-0.2, 0) is 6.42 Å². The van der Waals surface area contributed by atoms with E-state index in [-0.39, 0.29) is 5.69 Å². The number of aliphatic imine (C=N–C) groups is 1. The summed E-state index contributed by atoms with van der Waals surface area (Å²) in [6, 6.07) is 11.2. The van der Waals surface area contributed by atoms with Crippen molar-refractivity contribution in [1.82, 2.24) is 9.55 Å². The third-order valence-corrected chi connectivity index (χ3v) is 4.19. The van der Waals surface area contributed by atoms with E-state index in [1.165, 1.54) is 0 Å². The third kappa shape index (κ3) is 2.21. The molecule has 114 valence electrons. The van der Waals surface area contributed by atoms with E-state index in [1.807, 2.05) is 30.5 Å². The molecule has 0 aliphatic carbocycles. The number of nitrogens with one attached hydrogen (secondary N) is 1. The minimum Gasteiger partial charge on any atom is -0.372 e. The fourth-order valence-electron chi connectivity index (χ4n) is 2.88. The molecule has 4 rings (SSSR count). The van der Waals surface area contributed by atoms with E-state index in [9.17, 15) is 4.79 Å². The van der Waals surface area contributed by atoms with Gasteiger partial charge in [-0.15, -0.1) is 0 Å². The Morgan fingerprint density at radius 2 is 2.09 bits per heavy atom. The Morgan fingerprint density at radius 3 is 2.91 bits per heavy atom. The quantitative estimate of drug-likeness (QED) is 0.786. The first-order valence-corrected chi connectivity index (χ1v) is 7.61. The highest BCUT2D eigenvalue weighted by Crippen LogP contribution is 2.29. The second-order valence-electron chi connectivity index (χ2n) is 5.32. The zero-order valence-corrected chi connectivity index (χ0v) is 13.1. The van der Waals surface area contributed by atoms with Gasteiger partial charge >= 0.3 is 5.69 Å². The van der Waals surface area contributed by atoms with Crippen LogP contribution < -0.4 is 11.0 Å². The molecule has 0 fully saturated rings. The molecule has 6 heteroatoms. The first kappa shape index (κ1) is 14.0. The number of aromatic nitrogens is 2. The third-order valence-electron chi connectivity index (χ3n) is 3.95. The molecule has 0 radical (unpaired) electrons. The number of anilines is 1. The van der Waals surface area contributed by atoms with E-state index in [0.717, 1.165) is 34.3 Å². The number of nitrogens with zero attached hydrogens (tertiary/aromatic N) is 3. The fourth-order valence-corrected chi connectivity index (χ4v) is 3.05. The fraction of sp³-hybridized carbons (Fsp3) is 0.118. The lowest BCUT2D eigenvalue weighted by Crippen LogP contribution is -2.23. The van der Waals surface area contributed by atoms with E-state index >= 15 is 0 Å². The van der Waals surface area contributed by atoms with Crippen molar-refractivity contribution in [3.63, 3.8) is 0 Å². The molecule has 0 bridgehead atoms. The highest BCUT2D eigenvalue weighted by Gasteiger charge is 2.14. The molecule has 1 aliphatic heterocycles. The molecule has 0 atom stereocenters. The Kier molecular flexibility index (Phi) is 3.16. The van der Waals surface area contributed by atoms with Gasteiger partial charge in [0.1, 0.15) is 5.82 Å². The van der Waals surface area contributed by atoms with Crippen molar-refractivity contribution in [2.75, 3.05) is 12.4 Å². The summed E-state index contributed by atoms with van der Waals surface area (Å²) < 4.78 is 1.58. The van der Waals surface area contributed by atoms with Gasteiger partial charge in [-0.05, 0) is 42.0 Å². The smallest absolute Gasteiger partial charge is 0.354 e. The summed E-state index contributed by atoms with van der Waals surface area (Å²) in [4.78, 5) is 21.0. The Morgan fingerprint density at radius 1 is 1.22 bits per heavy atom. The molecule has 0 unspecified atom stereocenters. The molecule has 0 amide bonds. The van der Waals surface area contributed by atoms with Gasteiger partial charge in [0.25, 0.3) is 0 Å². The topological polar surface area (TPSA) is 59.3 Å². The molecule has 2 aromatic carbocycles. The van der Waals surface area contributed by atoms with Gasteiger partial charge in [0.2, 0.25) is 0 Å². The Hall–Kier alpha value is -2.66. The van der Waals surface area contributed by atoms with Crippen molar-refractivity contribution in [1.29, 1.82) is 0 Å². The van der Waals surface area contributed by atoms with Crippen LogP contribution in [0.1, 0.15) is 5.56 Å². The van der Waals surface area contributed by atoms with Gasteiger partial charge in [-0.25, -0.2) is 4.79 Å². The maximum Gasteiger partial charge on any atom is 0.354 e. The molecule has 0 spiro atoms. The summed E-state index contributed by atoms with van der Waals surface area (Å²) in [5, 5.41) is 4.38. The second kappa shape index (κ2) is 5.21. The van der Waals surface area contributed by atoms with Gasteiger partial charge in [-0.3, -0.25) is 9.56 Å². The normalized spacial score (nSPS) is 12.6. The van der Waals surface area contributed by atoms with E-state index in [4.69, 9.17) is 11.6 Å². The Labute approximate surface area is 137 Å². The van der Waals surface area contributed by atoms with E-state index < -0.39 is 0 Å². The molecular weight excluding hydrogens is 312 g/mol. The summed E-state index contributed by atoms with van der Waals surface area (Å²) >= 11 is 6.14. The molecular formula is C17H13ClN4O. The summed E-state index contributed by atoms with van der Waals surface area (Å²) in [6.07, 6.45) is 2.65. The van der Waals surface area contributed by atoms with Gasteiger partial charge in [0.15, 0.2) is 0 Å². The average Bonchev–Trinajstić information content (AvgIpc) is 3.01. The Bertz CT molecular complexity index is 1020. The van der Waals surface area contributed by atoms with Gasteiger partial charge < -0.3 is 5.32 Å². The van der Waals surface area contributed by atoms with Crippen molar-refractivity contribution in [2.24, 2.45) is 4.99 Å². The van der Waals surface area contributed by atoms with Crippen molar-refractivity contribution in [2.45, 2.75) is 6.42 Å². The van der Waals surface area contributed by atoms with Gasteiger partial charge in [-0.2, -0.15) is 4.98 Å². The summed E-state index contributed by atoms with van der Waals surface area (Å²) in [5.41, 5.74) is 3.19. The van der Waals surface area contributed by atoms with E-state index in [1.54, 1.807) is 23.7 Å². The van der Waals surface area contributed by atoms with Crippen molar-refractivity contribution in [3.8, 4) is 5.69 Å². The highest BCUT2D eigenvalue weighted by atomic mass is 35.5. The highest BCUT2D eigenvalue weighted by molar-refractivity contribution is 6.31. The van der Waals surface area contributed by atoms with E-state index in [2.05, 4.69) is 15.3 Å². The van der Waals surface area contributed by atoms with Crippen LogP contribution in [0.2, 0.25) is 5.02 Å². The monoisotopic (exact) mass is 324 g/mol. The number of fused-ring (bicyclic) bond motifs is 2. The number of halogens is 1. The molecule has 23 heavy (non-hydrogen) atoms. The maximum absolute atomic E-state index is 12.6. The number of hydrogen-bond donors (Lipinski definition) is 1. The SMILES string of the molecule is CNc1nc(=O)n(-c2ccc3c(c2)CC=N3)c2cc(Cl)ccc12. The van der Waals surface area contributed by atoms with Gasteiger partial charge in [-0.1, -0.05) is 11.6 Å². The van der Waals surface area contributed by atoms with Crippen molar-refractivity contribution >= 4 is 40.2 Å². The molecule has 0 saturated carbocycles. The van der Waals surface area contributed by atoms with Crippen LogP contribution >= 0.6 is 11.6 Å². The van der Waals surface area contributed by atoms with Crippen LogP contribution in [0.15, 0.2) is 46.2 Å². The molecule has 1 aromatic heterocycles. The van der Waals surface area contributed by atoms with Crippen LogP contribution in [0.3, 0.4) is 0 Å². The molecule has 5 nitrogen and oxygen atoms in total. The zero-order chi connectivity index (χ0) is 16.0. The molecule has 1 N–H and O–H groups in total. The molecule has 0 saturated heterocycles. The van der Waals surface area contributed by atoms with E-state index in [0.29, 0.717) is 10.8 Å². The molecule has 2 heterocycles. The molecule has 1 aliphatic rings. The number of hydrogen-bond acceptors (Lipinski definition) is 4. The largest absolute Gasteiger partial charge is 0.372 e. The minimum absolute atomic E-state index is 0.344. The van der Waals surface area contributed by atoms with Crippen molar-refractivity contribution in [3.05, 3.63) is 57.5 Å². The van der Waals surface area contributed by atoms with Crippen LogP contribution in [0.5, 0.6) is 0 Å². The number of rotatable bonds is 2. The van der Waals surface area contributed by atoms with Gasteiger partial charge in [0.05, 0.1) is 16.9 Å². The second-order valence-corrected chi connectivity index (χ2v) is 5.76. The first-order chi connectivity index (χ1) is 11.2. The first-order valence-electron chi connectivity index (χ1n) is 7.23. The zero-order valence-electron chi connectivity index (χ0n) is 12.4. The van der Waals surface area contributed by atoms with Crippen LogP contribution in [0.4, 0.5) is 11.5 Å². The predicted octanol–water partition coefficient (Wildman–Crippen LogP) is 3.34. The standard InChI is InChI=1S/C17H13ClN4O/c1-19-16-13-4-2-11(18)9-15(13)22(17(23)21-16)12-3-5-14-10(8-12)6-7-20-14/h2-5,7-9H,6H2,1H3,(H,19,21,23). The summed E-state index contributed by atoms with van der Waals surface area (Å²) in [6.45, 7) is 0. The maximum atomic E-state index is 12.6. The minimum atomic E-state index is -0.344. The number of benzene rings is 2.